The normalized spacial score (nSPS) is 15.9. The zero-order chi connectivity index (χ0) is 23.5. The molecule has 1 aliphatic rings. The summed E-state index contributed by atoms with van der Waals surface area (Å²) in [4.78, 5) is 0. The minimum atomic E-state index is -1.08. The van der Waals surface area contributed by atoms with Crippen LogP contribution in [0.2, 0.25) is 0 Å². The smallest absolute Gasteiger partial charge is 0.201 e. The van der Waals surface area contributed by atoms with Gasteiger partial charge in [-0.2, -0.15) is 4.39 Å². The lowest BCUT2D eigenvalue weighted by Gasteiger charge is -2.10. The van der Waals surface area contributed by atoms with Crippen LogP contribution in [0.1, 0.15) is 48.9 Å². The second-order valence-electron chi connectivity index (χ2n) is 8.42. The fourth-order valence-corrected chi connectivity index (χ4v) is 4.53. The monoisotopic (exact) mass is 454 g/mol. The number of hydrogen-bond donors (Lipinski definition) is 0. The maximum absolute atomic E-state index is 15.0. The molecule has 0 heterocycles. The van der Waals surface area contributed by atoms with Gasteiger partial charge in [0.25, 0.3) is 0 Å². The zero-order valence-corrected chi connectivity index (χ0v) is 18.7. The average Bonchev–Trinajstić information content (AvgIpc) is 3.23. The number of fused-ring (bicyclic) bond motifs is 1. The Balaban J connectivity index is 1.58. The second-order valence-corrected chi connectivity index (χ2v) is 8.42. The van der Waals surface area contributed by atoms with Crippen molar-refractivity contribution in [2.45, 2.75) is 39.5 Å². The first-order valence-electron chi connectivity index (χ1n) is 11.3. The molecular formula is C28H26F4O. The molecule has 1 nitrogen and oxygen atoms in total. The number of hydrogen-bond acceptors (Lipinski definition) is 1. The van der Waals surface area contributed by atoms with Crippen LogP contribution in [0.5, 0.6) is 5.75 Å². The SMILES string of the molecule is CCCC1Cc2ccc(/C(F)=C(\F)c3ccc(-c4ccc(OCC)c(F)c4F)cc3)cc2C1. The van der Waals surface area contributed by atoms with E-state index in [2.05, 4.69) is 6.92 Å². The van der Waals surface area contributed by atoms with E-state index in [1.807, 2.05) is 6.07 Å². The summed E-state index contributed by atoms with van der Waals surface area (Å²) in [6.45, 7) is 4.04. The van der Waals surface area contributed by atoms with Crippen molar-refractivity contribution in [1.82, 2.24) is 0 Å². The van der Waals surface area contributed by atoms with E-state index in [1.165, 1.54) is 42.0 Å². The third kappa shape index (κ3) is 4.68. The van der Waals surface area contributed by atoms with Gasteiger partial charge in [0.2, 0.25) is 5.82 Å². The average molecular weight is 455 g/mol. The number of halogens is 4. The van der Waals surface area contributed by atoms with Gasteiger partial charge < -0.3 is 4.74 Å². The third-order valence-corrected chi connectivity index (χ3v) is 6.16. The second kappa shape index (κ2) is 9.82. The highest BCUT2D eigenvalue weighted by atomic mass is 19.2. The molecule has 3 aromatic rings. The summed E-state index contributed by atoms with van der Waals surface area (Å²) in [5.74, 6) is -3.63. The molecule has 0 fully saturated rings. The number of rotatable bonds is 7. The minimum absolute atomic E-state index is 0.0209. The number of ether oxygens (including phenoxy) is 1. The maximum Gasteiger partial charge on any atom is 0.201 e. The zero-order valence-electron chi connectivity index (χ0n) is 18.7. The van der Waals surface area contributed by atoms with Crippen molar-refractivity contribution in [3.8, 4) is 16.9 Å². The van der Waals surface area contributed by atoms with Gasteiger partial charge >= 0.3 is 0 Å². The summed E-state index contributed by atoms with van der Waals surface area (Å²) < 4.78 is 63.6. The summed E-state index contributed by atoms with van der Waals surface area (Å²) in [6.07, 6.45) is 4.12. The van der Waals surface area contributed by atoms with Gasteiger partial charge in [-0.25, -0.2) is 13.2 Å². The fourth-order valence-electron chi connectivity index (χ4n) is 4.53. The van der Waals surface area contributed by atoms with Gasteiger partial charge in [0.15, 0.2) is 23.2 Å². The van der Waals surface area contributed by atoms with Crippen LogP contribution in [-0.4, -0.2) is 6.61 Å². The molecule has 4 rings (SSSR count). The first-order chi connectivity index (χ1) is 15.9. The van der Waals surface area contributed by atoms with E-state index in [-0.39, 0.29) is 29.0 Å². The van der Waals surface area contributed by atoms with Crippen molar-refractivity contribution >= 4 is 11.7 Å². The molecule has 1 atom stereocenters. The van der Waals surface area contributed by atoms with Crippen LogP contribution in [0, 0.1) is 17.6 Å². The molecular weight excluding hydrogens is 428 g/mol. The molecule has 0 bridgehead atoms. The summed E-state index contributed by atoms with van der Waals surface area (Å²) in [5.41, 5.74) is 2.91. The van der Waals surface area contributed by atoms with Gasteiger partial charge in [0.1, 0.15) is 0 Å². The lowest BCUT2D eigenvalue weighted by molar-refractivity contribution is 0.314. The highest BCUT2D eigenvalue weighted by Crippen LogP contribution is 2.36. The van der Waals surface area contributed by atoms with E-state index in [0.717, 1.165) is 31.2 Å². The Hall–Kier alpha value is -3.08. The van der Waals surface area contributed by atoms with E-state index in [9.17, 15) is 17.6 Å². The molecule has 0 aromatic heterocycles. The first-order valence-corrected chi connectivity index (χ1v) is 11.3. The predicted octanol–water partition coefficient (Wildman–Crippen LogP) is 8.31. The van der Waals surface area contributed by atoms with E-state index in [1.54, 1.807) is 19.1 Å². The van der Waals surface area contributed by atoms with Crippen LogP contribution in [0.25, 0.3) is 22.8 Å². The van der Waals surface area contributed by atoms with Crippen LogP contribution in [-0.2, 0) is 12.8 Å². The Morgan fingerprint density at radius 2 is 1.48 bits per heavy atom. The summed E-state index contributed by atoms with van der Waals surface area (Å²) in [7, 11) is 0. The van der Waals surface area contributed by atoms with E-state index in [4.69, 9.17) is 4.74 Å². The topological polar surface area (TPSA) is 9.23 Å². The van der Waals surface area contributed by atoms with Crippen molar-refractivity contribution in [2.75, 3.05) is 6.61 Å². The maximum atomic E-state index is 15.0. The van der Waals surface area contributed by atoms with Gasteiger partial charge in [-0.3, -0.25) is 0 Å². The molecule has 3 aromatic carbocycles. The van der Waals surface area contributed by atoms with Gasteiger partial charge in [-0.05, 0) is 60.6 Å². The molecule has 0 saturated carbocycles. The largest absolute Gasteiger partial charge is 0.491 e. The Kier molecular flexibility index (Phi) is 6.87. The lowest BCUT2D eigenvalue weighted by Crippen LogP contribution is -1.98. The van der Waals surface area contributed by atoms with Gasteiger partial charge in [-0.1, -0.05) is 56.2 Å². The third-order valence-electron chi connectivity index (χ3n) is 6.16. The molecule has 0 saturated heterocycles. The molecule has 0 spiro atoms. The fraction of sp³-hybridized carbons (Fsp3) is 0.286. The molecule has 1 unspecified atom stereocenters. The summed E-state index contributed by atoms with van der Waals surface area (Å²) >= 11 is 0. The van der Waals surface area contributed by atoms with Crippen molar-refractivity contribution in [3.05, 3.63) is 88.5 Å². The summed E-state index contributed by atoms with van der Waals surface area (Å²) in [6, 6.07) is 13.6. The Morgan fingerprint density at radius 1 is 0.818 bits per heavy atom. The van der Waals surface area contributed by atoms with Crippen LogP contribution >= 0.6 is 0 Å². The van der Waals surface area contributed by atoms with Crippen LogP contribution in [0.3, 0.4) is 0 Å². The molecule has 33 heavy (non-hydrogen) atoms. The molecule has 172 valence electrons. The Bertz CT molecular complexity index is 1180. The molecule has 1 aliphatic carbocycles. The van der Waals surface area contributed by atoms with Crippen LogP contribution in [0.4, 0.5) is 17.6 Å². The van der Waals surface area contributed by atoms with E-state index >= 15 is 0 Å². The van der Waals surface area contributed by atoms with E-state index < -0.39 is 23.3 Å². The lowest BCUT2D eigenvalue weighted by atomic mass is 10.0. The quantitative estimate of drug-likeness (QED) is 0.258. The van der Waals surface area contributed by atoms with Crippen molar-refractivity contribution in [1.29, 1.82) is 0 Å². The molecule has 0 radical (unpaired) electrons. The first kappa shape index (κ1) is 23.1. The van der Waals surface area contributed by atoms with Crippen molar-refractivity contribution < 1.29 is 22.3 Å². The van der Waals surface area contributed by atoms with Gasteiger partial charge in [0.05, 0.1) is 6.61 Å². The number of benzene rings is 3. The molecule has 0 N–H and O–H groups in total. The van der Waals surface area contributed by atoms with Gasteiger partial charge in [-0.15, -0.1) is 0 Å². The highest BCUT2D eigenvalue weighted by molar-refractivity contribution is 5.84. The summed E-state index contributed by atoms with van der Waals surface area (Å²) in [5, 5.41) is 0. The predicted molar refractivity (Wildman–Crippen MR) is 124 cm³/mol. The molecule has 0 aliphatic heterocycles. The van der Waals surface area contributed by atoms with Crippen LogP contribution < -0.4 is 4.74 Å². The Morgan fingerprint density at radius 3 is 2.18 bits per heavy atom. The Labute approximate surface area is 191 Å². The standard InChI is InChI=1S/C28H26F4O/c1-3-5-17-14-20-10-11-21(16-22(20)15-17)26(30)25(29)19-8-6-18(7-9-19)23-12-13-24(33-4-2)28(32)27(23)31/h6-13,16-17H,3-5,14-15H2,1-2H3/b26-25+. The van der Waals surface area contributed by atoms with Gasteiger partial charge in [0, 0.05) is 16.7 Å². The van der Waals surface area contributed by atoms with Crippen molar-refractivity contribution in [2.24, 2.45) is 5.92 Å². The highest BCUT2D eigenvalue weighted by Gasteiger charge is 2.22. The minimum Gasteiger partial charge on any atom is -0.491 e. The van der Waals surface area contributed by atoms with Crippen molar-refractivity contribution in [3.63, 3.8) is 0 Å². The van der Waals surface area contributed by atoms with Crippen LogP contribution in [0.15, 0.2) is 54.6 Å². The molecule has 0 amide bonds. The van der Waals surface area contributed by atoms with E-state index in [0.29, 0.717) is 11.5 Å². The molecule has 5 heteroatoms.